The van der Waals surface area contributed by atoms with Gasteiger partial charge in [0.15, 0.2) is 5.69 Å². The number of carbonyl (C=O) groups is 2. The lowest BCUT2D eigenvalue weighted by Crippen LogP contribution is -2.40. The molecule has 28 heavy (non-hydrogen) atoms. The number of fused-ring (bicyclic) bond motifs is 1. The lowest BCUT2D eigenvalue weighted by Gasteiger charge is -2.28. The molecule has 0 spiro atoms. The molecule has 0 radical (unpaired) electrons. The minimum atomic E-state index is -0.140. The first-order chi connectivity index (χ1) is 13.6. The lowest BCUT2D eigenvalue weighted by atomic mass is 10.0. The van der Waals surface area contributed by atoms with E-state index < -0.39 is 0 Å². The average molecular weight is 381 g/mol. The maximum absolute atomic E-state index is 12.9. The van der Waals surface area contributed by atoms with Gasteiger partial charge in [0, 0.05) is 50.0 Å². The number of benzene rings is 1. The van der Waals surface area contributed by atoms with E-state index in [1.54, 1.807) is 9.58 Å². The Bertz CT molecular complexity index is 881. The fourth-order valence-corrected chi connectivity index (χ4v) is 4.03. The van der Waals surface area contributed by atoms with Crippen molar-refractivity contribution < 1.29 is 9.59 Å². The molecule has 1 saturated heterocycles. The maximum Gasteiger partial charge on any atom is 0.322 e. The summed E-state index contributed by atoms with van der Waals surface area (Å²) >= 11 is 0. The number of hydrogen-bond donors (Lipinski definition) is 1. The van der Waals surface area contributed by atoms with Crippen molar-refractivity contribution in [3.63, 3.8) is 0 Å². The molecule has 148 valence electrons. The van der Waals surface area contributed by atoms with Crippen LogP contribution in [0.5, 0.6) is 0 Å². The fraction of sp³-hybridized carbons (Fsp3) is 0.476. The Labute approximate surface area is 165 Å². The van der Waals surface area contributed by atoms with Crippen LogP contribution in [0.15, 0.2) is 24.3 Å². The molecule has 0 unspecified atom stereocenters. The van der Waals surface area contributed by atoms with E-state index in [1.807, 2.05) is 36.2 Å². The van der Waals surface area contributed by atoms with Crippen LogP contribution in [0.4, 0.5) is 10.5 Å². The predicted molar refractivity (Wildman–Crippen MR) is 107 cm³/mol. The second-order valence-electron chi connectivity index (χ2n) is 7.55. The van der Waals surface area contributed by atoms with Gasteiger partial charge in [-0.3, -0.25) is 9.48 Å². The molecule has 0 atom stereocenters. The number of hydrogen-bond acceptors (Lipinski definition) is 3. The maximum atomic E-state index is 12.9. The van der Waals surface area contributed by atoms with Crippen molar-refractivity contribution in [1.82, 2.24) is 19.6 Å². The molecule has 7 heteroatoms. The number of aryl methyl sites for hydroxylation is 2. The van der Waals surface area contributed by atoms with E-state index >= 15 is 0 Å². The molecule has 2 aromatic rings. The number of anilines is 1. The number of nitrogens with zero attached hydrogens (tertiary/aromatic N) is 4. The van der Waals surface area contributed by atoms with Crippen LogP contribution >= 0.6 is 0 Å². The minimum absolute atomic E-state index is 0.00763. The third kappa shape index (κ3) is 3.48. The van der Waals surface area contributed by atoms with Gasteiger partial charge in [-0.15, -0.1) is 0 Å². The minimum Gasteiger partial charge on any atom is -0.337 e. The second kappa shape index (κ2) is 7.66. The summed E-state index contributed by atoms with van der Waals surface area (Å²) < 4.78 is 1.80. The van der Waals surface area contributed by atoms with Crippen molar-refractivity contribution in [2.75, 3.05) is 25.0 Å². The van der Waals surface area contributed by atoms with Gasteiger partial charge in [0.1, 0.15) is 0 Å². The number of amides is 3. The number of likely N-dealkylation sites (tertiary alicyclic amines) is 1. The molecule has 3 heterocycles. The largest absolute Gasteiger partial charge is 0.337 e. The summed E-state index contributed by atoms with van der Waals surface area (Å²) in [6, 6.07) is 7.77. The lowest BCUT2D eigenvalue weighted by molar-refractivity contribution is 0.0784. The average Bonchev–Trinajstić information content (AvgIpc) is 3.36. The van der Waals surface area contributed by atoms with Gasteiger partial charge >= 0.3 is 6.03 Å². The molecule has 2 aliphatic rings. The fourth-order valence-electron chi connectivity index (χ4n) is 4.03. The summed E-state index contributed by atoms with van der Waals surface area (Å²) in [5, 5.41) is 7.47. The Hall–Kier alpha value is -2.83. The Morgan fingerprint density at radius 1 is 1.07 bits per heavy atom. The van der Waals surface area contributed by atoms with Crippen LogP contribution in [-0.4, -0.2) is 51.2 Å². The molecule has 1 N–H and O–H groups in total. The van der Waals surface area contributed by atoms with Gasteiger partial charge in [0.25, 0.3) is 5.91 Å². The van der Waals surface area contributed by atoms with Crippen LogP contribution in [0, 0.1) is 0 Å². The highest BCUT2D eigenvalue weighted by molar-refractivity contribution is 5.95. The summed E-state index contributed by atoms with van der Waals surface area (Å²) in [6.07, 6.45) is 3.77. The molecule has 1 fully saturated rings. The topological polar surface area (TPSA) is 70.5 Å². The van der Waals surface area contributed by atoms with Crippen molar-refractivity contribution in [3.8, 4) is 0 Å². The number of aromatic nitrogens is 2. The number of carbonyl (C=O) groups excluding carboxylic acids is 2. The van der Waals surface area contributed by atoms with Crippen molar-refractivity contribution >= 4 is 17.6 Å². The number of urea groups is 1. The number of rotatable bonds is 3. The molecule has 7 nitrogen and oxygen atoms in total. The Balaban J connectivity index is 1.50. The first-order valence-electron chi connectivity index (χ1n) is 10.1. The molecule has 0 bridgehead atoms. The first-order valence-corrected chi connectivity index (χ1v) is 10.1. The molecule has 4 rings (SSSR count). The van der Waals surface area contributed by atoms with Gasteiger partial charge in [-0.1, -0.05) is 19.1 Å². The van der Waals surface area contributed by atoms with Gasteiger partial charge in [-0.05, 0) is 37.0 Å². The van der Waals surface area contributed by atoms with Gasteiger partial charge in [0.05, 0.1) is 6.54 Å². The van der Waals surface area contributed by atoms with Crippen LogP contribution in [0.2, 0.25) is 0 Å². The highest BCUT2D eigenvalue weighted by Gasteiger charge is 2.32. The standard InChI is InChI=1S/C21H27N5O2/c1-3-15-6-8-16(9-7-15)22-21(28)26-13-10-18-17(14-26)19(23-24(18)2)20(27)25-11-4-5-12-25/h6-9H,3-5,10-14H2,1-2H3,(H,22,28). The van der Waals surface area contributed by atoms with E-state index in [2.05, 4.69) is 17.3 Å². The van der Waals surface area contributed by atoms with E-state index in [0.29, 0.717) is 25.2 Å². The predicted octanol–water partition coefficient (Wildman–Crippen LogP) is 2.81. The second-order valence-corrected chi connectivity index (χ2v) is 7.55. The zero-order chi connectivity index (χ0) is 19.7. The third-order valence-electron chi connectivity index (χ3n) is 5.74. The SMILES string of the molecule is CCc1ccc(NC(=O)N2CCc3c(c(C(=O)N4CCCC4)nn3C)C2)cc1. The summed E-state index contributed by atoms with van der Waals surface area (Å²) in [4.78, 5) is 29.3. The van der Waals surface area contributed by atoms with Crippen molar-refractivity contribution in [2.45, 2.75) is 39.2 Å². The summed E-state index contributed by atoms with van der Waals surface area (Å²) in [6.45, 7) is 4.72. The highest BCUT2D eigenvalue weighted by atomic mass is 16.2. The third-order valence-corrected chi connectivity index (χ3v) is 5.74. The molecular weight excluding hydrogens is 354 g/mol. The van der Waals surface area contributed by atoms with Crippen LogP contribution in [0.1, 0.15) is 47.1 Å². The van der Waals surface area contributed by atoms with Crippen LogP contribution < -0.4 is 5.32 Å². The Kier molecular flexibility index (Phi) is 5.07. The summed E-state index contributed by atoms with van der Waals surface area (Å²) in [5.41, 5.74) is 4.47. The van der Waals surface area contributed by atoms with Crippen LogP contribution in [-0.2, 0) is 26.4 Å². The molecule has 3 amide bonds. The Morgan fingerprint density at radius 3 is 2.46 bits per heavy atom. The molecule has 0 saturated carbocycles. The van der Waals surface area contributed by atoms with E-state index in [9.17, 15) is 9.59 Å². The summed E-state index contributed by atoms with van der Waals surface area (Å²) in [7, 11) is 1.88. The van der Waals surface area contributed by atoms with E-state index in [-0.39, 0.29) is 11.9 Å². The first kappa shape index (κ1) is 18.5. The molecule has 0 aliphatic carbocycles. The molecular formula is C21H27N5O2. The van der Waals surface area contributed by atoms with Crippen LogP contribution in [0.3, 0.4) is 0 Å². The monoisotopic (exact) mass is 381 g/mol. The van der Waals surface area contributed by atoms with Crippen LogP contribution in [0.25, 0.3) is 0 Å². The highest BCUT2D eigenvalue weighted by Crippen LogP contribution is 2.25. The molecule has 2 aliphatic heterocycles. The summed E-state index contributed by atoms with van der Waals surface area (Å²) in [5.74, 6) is -0.00763. The normalized spacial score (nSPS) is 16.2. The van der Waals surface area contributed by atoms with E-state index in [0.717, 1.165) is 49.3 Å². The van der Waals surface area contributed by atoms with Gasteiger partial charge in [-0.2, -0.15) is 5.10 Å². The smallest absolute Gasteiger partial charge is 0.322 e. The zero-order valence-corrected chi connectivity index (χ0v) is 16.6. The van der Waals surface area contributed by atoms with Gasteiger partial charge in [-0.25, -0.2) is 4.79 Å². The van der Waals surface area contributed by atoms with Crippen molar-refractivity contribution in [1.29, 1.82) is 0 Å². The molecule has 1 aromatic carbocycles. The van der Waals surface area contributed by atoms with Gasteiger partial charge in [0.2, 0.25) is 0 Å². The quantitative estimate of drug-likeness (QED) is 0.889. The number of nitrogens with one attached hydrogen (secondary N) is 1. The van der Waals surface area contributed by atoms with E-state index in [1.165, 1.54) is 5.56 Å². The molecule has 1 aromatic heterocycles. The van der Waals surface area contributed by atoms with Crippen molar-refractivity contribution in [2.24, 2.45) is 7.05 Å². The van der Waals surface area contributed by atoms with E-state index in [4.69, 9.17) is 0 Å². The Morgan fingerprint density at radius 2 is 1.79 bits per heavy atom. The van der Waals surface area contributed by atoms with Crippen molar-refractivity contribution in [3.05, 3.63) is 46.8 Å². The van der Waals surface area contributed by atoms with Gasteiger partial charge < -0.3 is 15.1 Å². The zero-order valence-electron chi connectivity index (χ0n) is 16.6.